The zero-order chi connectivity index (χ0) is 21.8. The normalized spacial score (nSPS) is 19.1. The van der Waals surface area contributed by atoms with Crippen LogP contribution >= 0.6 is 0 Å². The Kier molecular flexibility index (Phi) is 10.5. The van der Waals surface area contributed by atoms with Crippen LogP contribution in [-0.2, 0) is 14.3 Å². The third-order valence-corrected chi connectivity index (χ3v) is 6.33. The Morgan fingerprint density at radius 1 is 1.03 bits per heavy atom. The zero-order valence-corrected chi connectivity index (χ0v) is 18.8. The molecule has 0 heterocycles. The third kappa shape index (κ3) is 7.51. The summed E-state index contributed by atoms with van der Waals surface area (Å²) in [5.74, 6) is -0.415. The van der Waals surface area contributed by atoms with Crippen molar-refractivity contribution >= 4 is 11.8 Å². The number of rotatable bonds is 8. The Morgan fingerprint density at radius 2 is 1.63 bits per heavy atom. The fraction of sp³-hybridized carbons (Fsp3) is 0.680. The van der Waals surface area contributed by atoms with Gasteiger partial charge in [0.2, 0.25) is 0 Å². The highest BCUT2D eigenvalue weighted by atomic mass is 16.5. The molecule has 0 saturated heterocycles. The number of likely N-dealkylation sites (N-methyl/N-ethyl adjacent to an activating group) is 1. The molecule has 2 aliphatic rings. The van der Waals surface area contributed by atoms with Gasteiger partial charge in [-0.2, -0.15) is 0 Å². The van der Waals surface area contributed by atoms with Crippen LogP contribution in [0.4, 0.5) is 0 Å². The first-order chi connectivity index (χ1) is 14.5. The highest BCUT2D eigenvalue weighted by Gasteiger charge is 2.45. The van der Waals surface area contributed by atoms with E-state index in [4.69, 9.17) is 4.74 Å². The van der Waals surface area contributed by atoms with Gasteiger partial charge in [0.1, 0.15) is 18.3 Å². The third-order valence-electron chi connectivity index (χ3n) is 6.33. The van der Waals surface area contributed by atoms with E-state index in [1.165, 1.54) is 6.42 Å². The van der Waals surface area contributed by atoms with Crippen LogP contribution in [0.25, 0.3) is 0 Å². The standard InChI is InChI=1S/C19H29NO3.C6H10O/c1-3-20(4-2)14-15-23-18(21)17(16-10-6-5-7-11-16)19(22)12-8-9-13-19;7-6-4-2-1-3-5-6/h5-7,10-11,17,22H,3-4,8-9,12-15H2,1-2H3;1-5H2. The molecule has 3 rings (SSSR count). The molecule has 0 bridgehead atoms. The monoisotopic (exact) mass is 417 g/mol. The first-order valence-electron chi connectivity index (χ1n) is 11.7. The fourth-order valence-electron chi connectivity index (χ4n) is 4.43. The van der Waals surface area contributed by atoms with Gasteiger partial charge >= 0.3 is 5.97 Å². The first-order valence-corrected chi connectivity index (χ1v) is 11.7. The Hall–Kier alpha value is -1.72. The first kappa shape index (κ1) is 24.5. The average Bonchev–Trinajstić information content (AvgIpc) is 3.20. The van der Waals surface area contributed by atoms with Crippen molar-refractivity contribution in [3.05, 3.63) is 35.9 Å². The number of ether oxygens (including phenoxy) is 1. The van der Waals surface area contributed by atoms with Crippen LogP contribution in [0.1, 0.15) is 83.1 Å². The van der Waals surface area contributed by atoms with Gasteiger partial charge in [-0.15, -0.1) is 0 Å². The van der Waals surface area contributed by atoms with Gasteiger partial charge in [0.05, 0.1) is 5.60 Å². The molecule has 30 heavy (non-hydrogen) atoms. The van der Waals surface area contributed by atoms with Crippen LogP contribution in [0, 0.1) is 0 Å². The van der Waals surface area contributed by atoms with Gasteiger partial charge in [-0.3, -0.25) is 9.59 Å². The summed E-state index contributed by atoms with van der Waals surface area (Å²) in [5, 5.41) is 11.0. The molecular weight excluding hydrogens is 378 g/mol. The van der Waals surface area contributed by atoms with E-state index in [1.807, 2.05) is 30.3 Å². The summed E-state index contributed by atoms with van der Waals surface area (Å²) in [6, 6.07) is 9.55. The van der Waals surface area contributed by atoms with E-state index in [1.54, 1.807) is 0 Å². The molecule has 1 aromatic rings. The summed E-state index contributed by atoms with van der Waals surface area (Å²) < 4.78 is 5.53. The average molecular weight is 418 g/mol. The highest BCUT2D eigenvalue weighted by molar-refractivity contribution is 5.80. The molecule has 5 nitrogen and oxygen atoms in total. The second kappa shape index (κ2) is 12.9. The van der Waals surface area contributed by atoms with Gasteiger partial charge in [-0.25, -0.2) is 0 Å². The van der Waals surface area contributed by atoms with Crippen molar-refractivity contribution in [3.8, 4) is 0 Å². The minimum atomic E-state index is -0.965. The lowest BCUT2D eigenvalue weighted by Gasteiger charge is -2.31. The van der Waals surface area contributed by atoms with E-state index in [0.717, 1.165) is 63.7 Å². The maximum atomic E-state index is 12.7. The second-order valence-corrected chi connectivity index (χ2v) is 8.45. The second-order valence-electron chi connectivity index (χ2n) is 8.45. The minimum absolute atomic E-state index is 0.298. The zero-order valence-electron chi connectivity index (χ0n) is 18.8. The van der Waals surface area contributed by atoms with E-state index < -0.39 is 11.5 Å². The smallest absolute Gasteiger partial charge is 0.316 e. The Labute approximate surface area is 181 Å². The van der Waals surface area contributed by atoms with E-state index in [-0.39, 0.29) is 5.97 Å². The summed E-state index contributed by atoms with van der Waals surface area (Å²) in [6.07, 6.45) is 8.50. The summed E-state index contributed by atoms with van der Waals surface area (Å²) in [6.45, 7) is 7.19. The van der Waals surface area contributed by atoms with Crippen LogP contribution in [0.2, 0.25) is 0 Å². The number of aliphatic hydroxyl groups is 1. The van der Waals surface area contributed by atoms with Crippen LogP contribution in [0.3, 0.4) is 0 Å². The molecule has 0 aromatic heterocycles. The quantitative estimate of drug-likeness (QED) is 0.632. The number of hydrogen-bond acceptors (Lipinski definition) is 5. The number of carbonyl (C=O) groups excluding carboxylic acids is 2. The van der Waals surface area contributed by atoms with Gasteiger partial charge in [0.15, 0.2) is 0 Å². The molecule has 1 N–H and O–H groups in total. The van der Waals surface area contributed by atoms with Gasteiger partial charge < -0.3 is 14.7 Å². The SMILES string of the molecule is CCN(CC)CCOC(=O)C(c1ccccc1)C1(O)CCCC1.O=C1CCCCC1. The number of nitrogens with zero attached hydrogens (tertiary/aromatic N) is 1. The van der Waals surface area contributed by atoms with Crippen molar-refractivity contribution in [2.75, 3.05) is 26.2 Å². The van der Waals surface area contributed by atoms with E-state index in [2.05, 4.69) is 18.7 Å². The van der Waals surface area contributed by atoms with Crippen molar-refractivity contribution in [1.82, 2.24) is 4.90 Å². The Balaban J connectivity index is 0.000000386. The number of benzene rings is 1. The van der Waals surface area contributed by atoms with Crippen molar-refractivity contribution in [2.24, 2.45) is 0 Å². The van der Waals surface area contributed by atoms with Gasteiger partial charge in [-0.05, 0) is 44.3 Å². The van der Waals surface area contributed by atoms with E-state index >= 15 is 0 Å². The fourth-order valence-corrected chi connectivity index (χ4v) is 4.43. The van der Waals surface area contributed by atoms with Crippen LogP contribution in [0.15, 0.2) is 30.3 Å². The van der Waals surface area contributed by atoms with E-state index in [9.17, 15) is 14.7 Å². The Bertz CT molecular complexity index is 628. The predicted octanol–water partition coefficient (Wildman–Crippen LogP) is 4.48. The lowest BCUT2D eigenvalue weighted by atomic mass is 9.81. The number of carbonyl (C=O) groups is 2. The number of Topliss-reactive ketones (excluding diaryl/α,β-unsaturated/α-hetero) is 1. The molecule has 5 heteroatoms. The molecular formula is C25H39NO4. The maximum absolute atomic E-state index is 12.7. The summed E-state index contributed by atoms with van der Waals surface area (Å²) in [4.78, 5) is 25.4. The highest BCUT2D eigenvalue weighted by Crippen LogP contribution is 2.42. The molecule has 0 radical (unpaired) electrons. The Morgan fingerprint density at radius 3 is 2.13 bits per heavy atom. The summed E-state index contributed by atoms with van der Waals surface area (Å²) >= 11 is 0. The van der Waals surface area contributed by atoms with Gasteiger partial charge in [0, 0.05) is 19.4 Å². The molecule has 2 fully saturated rings. The maximum Gasteiger partial charge on any atom is 0.316 e. The predicted molar refractivity (Wildman–Crippen MR) is 119 cm³/mol. The summed E-state index contributed by atoms with van der Waals surface area (Å²) in [7, 11) is 0. The topological polar surface area (TPSA) is 66.8 Å². The van der Waals surface area contributed by atoms with Crippen LogP contribution in [0.5, 0.6) is 0 Å². The van der Waals surface area contributed by atoms with Crippen molar-refractivity contribution in [2.45, 2.75) is 83.2 Å². The lowest BCUT2D eigenvalue weighted by Crippen LogP contribution is -2.39. The van der Waals surface area contributed by atoms with Crippen molar-refractivity contribution in [3.63, 3.8) is 0 Å². The number of esters is 1. The molecule has 2 saturated carbocycles. The molecule has 0 spiro atoms. The van der Waals surface area contributed by atoms with E-state index in [0.29, 0.717) is 25.2 Å². The van der Waals surface area contributed by atoms with Crippen LogP contribution < -0.4 is 0 Å². The largest absolute Gasteiger partial charge is 0.464 e. The van der Waals surface area contributed by atoms with Gasteiger partial charge in [-0.1, -0.05) is 63.4 Å². The number of hydrogen-bond donors (Lipinski definition) is 1. The molecule has 0 aliphatic heterocycles. The van der Waals surface area contributed by atoms with Crippen molar-refractivity contribution < 1.29 is 19.4 Å². The molecule has 1 unspecified atom stereocenters. The lowest BCUT2D eigenvalue weighted by molar-refractivity contribution is -0.153. The number of ketones is 1. The molecule has 0 amide bonds. The molecule has 168 valence electrons. The summed E-state index contributed by atoms with van der Waals surface area (Å²) in [5.41, 5.74) is -0.113. The minimum Gasteiger partial charge on any atom is -0.464 e. The molecule has 1 atom stereocenters. The van der Waals surface area contributed by atoms with Gasteiger partial charge in [0.25, 0.3) is 0 Å². The molecule has 1 aromatic carbocycles. The van der Waals surface area contributed by atoms with Crippen molar-refractivity contribution in [1.29, 1.82) is 0 Å². The van der Waals surface area contributed by atoms with Crippen LogP contribution in [-0.4, -0.2) is 53.6 Å². The molecule has 2 aliphatic carbocycles.